The van der Waals surface area contributed by atoms with E-state index in [1.165, 1.54) is 11.8 Å². The van der Waals surface area contributed by atoms with Gasteiger partial charge in [-0.05, 0) is 37.5 Å². The van der Waals surface area contributed by atoms with Gasteiger partial charge >= 0.3 is 5.97 Å². The molecule has 0 N–H and O–H groups in total. The highest BCUT2D eigenvalue weighted by atomic mass is 32.2. The van der Waals surface area contributed by atoms with Gasteiger partial charge in [0.2, 0.25) is 0 Å². The molecule has 5 nitrogen and oxygen atoms in total. The number of hydrogen-bond donors (Lipinski definition) is 0. The monoisotopic (exact) mass is 455 g/mol. The van der Waals surface area contributed by atoms with Gasteiger partial charge in [0.05, 0.1) is 29.0 Å². The maximum absolute atomic E-state index is 12.1. The summed E-state index contributed by atoms with van der Waals surface area (Å²) in [6, 6.07) is 17.2. The fraction of sp³-hybridized carbons (Fsp3) is 0.333. The number of aldehydes is 1. The van der Waals surface area contributed by atoms with Gasteiger partial charge in [-0.25, -0.2) is 0 Å². The molecule has 31 heavy (non-hydrogen) atoms. The third kappa shape index (κ3) is 7.82. The second-order valence-electron chi connectivity index (χ2n) is 7.13. The Kier molecular flexibility index (Phi) is 9.70. The Balaban J connectivity index is 1.72. The maximum Gasteiger partial charge on any atom is 0.305 e. The van der Waals surface area contributed by atoms with Crippen LogP contribution in [0.25, 0.3) is 0 Å². The number of rotatable bonds is 11. The first-order valence-corrected chi connectivity index (χ1v) is 11.1. The predicted octanol–water partition coefficient (Wildman–Crippen LogP) is 5.29. The summed E-state index contributed by atoms with van der Waals surface area (Å²) in [6.07, 6.45) is 1.74. The van der Waals surface area contributed by atoms with Crippen LogP contribution in [0.4, 0.5) is 0 Å². The first-order valence-electron chi connectivity index (χ1n) is 9.91. The lowest BCUT2D eigenvalue weighted by atomic mass is 10.1. The second-order valence-corrected chi connectivity index (χ2v) is 9.31. The highest BCUT2D eigenvalue weighted by Crippen LogP contribution is 2.33. The summed E-state index contributed by atoms with van der Waals surface area (Å²) in [7, 11) is 0. The third-order valence-electron chi connectivity index (χ3n) is 4.58. The number of nitrogens with zero attached hydrogens (tertiary/aromatic N) is 1. The van der Waals surface area contributed by atoms with Gasteiger partial charge in [-0.3, -0.25) is 9.59 Å². The number of esters is 1. The van der Waals surface area contributed by atoms with E-state index in [2.05, 4.69) is 6.07 Å². The lowest BCUT2D eigenvalue weighted by Crippen LogP contribution is -2.22. The largest absolute Gasteiger partial charge is 0.493 e. The van der Waals surface area contributed by atoms with Crippen molar-refractivity contribution in [2.45, 2.75) is 37.9 Å². The Morgan fingerprint density at radius 2 is 1.94 bits per heavy atom. The van der Waals surface area contributed by atoms with Crippen molar-refractivity contribution < 1.29 is 19.1 Å². The Labute approximate surface area is 192 Å². The van der Waals surface area contributed by atoms with Crippen LogP contribution in [-0.2, 0) is 9.53 Å². The molecule has 1 unspecified atom stereocenters. The van der Waals surface area contributed by atoms with E-state index in [9.17, 15) is 14.9 Å². The van der Waals surface area contributed by atoms with Crippen molar-refractivity contribution in [3.05, 3.63) is 65.2 Å². The minimum absolute atomic E-state index is 0.127. The summed E-state index contributed by atoms with van der Waals surface area (Å²) >= 11 is 6.73. The Morgan fingerprint density at radius 3 is 2.61 bits per heavy atom. The molecule has 0 spiro atoms. The number of nitriles is 1. The molecule has 0 radical (unpaired) electrons. The standard InChI is InChI=1S/C24H25NO4S2/c1-18-8-6-11-21(20(18)16-26)28-14-7-15-29-22(27)12-13-24(2,17-25)31-23(30)19-9-4-3-5-10-19/h3-6,8-11,16H,7,12-15H2,1-2H3. The van der Waals surface area contributed by atoms with E-state index < -0.39 is 4.75 Å². The van der Waals surface area contributed by atoms with Gasteiger partial charge in [-0.15, -0.1) is 0 Å². The molecule has 0 saturated carbocycles. The summed E-state index contributed by atoms with van der Waals surface area (Å²) < 4.78 is 10.7. The van der Waals surface area contributed by atoms with Crippen LogP contribution in [0.2, 0.25) is 0 Å². The van der Waals surface area contributed by atoms with Gasteiger partial charge in [-0.1, -0.05) is 66.4 Å². The molecule has 2 rings (SSSR count). The molecule has 0 aliphatic carbocycles. The minimum Gasteiger partial charge on any atom is -0.493 e. The smallest absolute Gasteiger partial charge is 0.305 e. The average Bonchev–Trinajstić information content (AvgIpc) is 2.78. The van der Waals surface area contributed by atoms with Gasteiger partial charge in [-0.2, -0.15) is 5.26 Å². The summed E-state index contributed by atoms with van der Waals surface area (Å²) in [5, 5.41) is 9.59. The quantitative estimate of drug-likeness (QED) is 0.197. The van der Waals surface area contributed by atoms with Gasteiger partial charge in [0.1, 0.15) is 10.5 Å². The van der Waals surface area contributed by atoms with Crippen LogP contribution < -0.4 is 4.74 Å². The molecule has 0 heterocycles. The van der Waals surface area contributed by atoms with Crippen molar-refractivity contribution in [2.24, 2.45) is 0 Å². The van der Waals surface area contributed by atoms with E-state index in [-0.39, 0.29) is 19.0 Å². The number of ether oxygens (including phenoxy) is 2. The van der Waals surface area contributed by atoms with Crippen molar-refractivity contribution >= 4 is 40.4 Å². The number of aryl methyl sites for hydroxylation is 1. The van der Waals surface area contributed by atoms with E-state index in [4.69, 9.17) is 21.7 Å². The summed E-state index contributed by atoms with van der Waals surface area (Å²) in [6.45, 7) is 4.16. The number of thioether (sulfide) groups is 1. The van der Waals surface area contributed by atoms with E-state index in [0.29, 0.717) is 35.0 Å². The van der Waals surface area contributed by atoms with Crippen molar-refractivity contribution in [1.29, 1.82) is 5.26 Å². The number of hydrogen-bond acceptors (Lipinski definition) is 7. The topological polar surface area (TPSA) is 76.4 Å². The van der Waals surface area contributed by atoms with Crippen LogP contribution in [0.5, 0.6) is 5.75 Å². The lowest BCUT2D eigenvalue weighted by molar-refractivity contribution is -0.144. The minimum atomic E-state index is -0.814. The molecule has 0 aliphatic rings. The molecule has 0 aromatic heterocycles. The van der Waals surface area contributed by atoms with Crippen molar-refractivity contribution in [1.82, 2.24) is 0 Å². The molecule has 0 fully saturated rings. The zero-order valence-electron chi connectivity index (χ0n) is 17.6. The molecule has 0 bridgehead atoms. The van der Waals surface area contributed by atoms with Crippen LogP contribution in [0, 0.1) is 18.3 Å². The van der Waals surface area contributed by atoms with Crippen molar-refractivity contribution in [2.75, 3.05) is 13.2 Å². The van der Waals surface area contributed by atoms with Gasteiger partial charge < -0.3 is 9.47 Å². The third-order valence-corrected chi connectivity index (χ3v) is 6.23. The highest BCUT2D eigenvalue weighted by Gasteiger charge is 2.28. The molecule has 162 valence electrons. The number of carbonyl (C=O) groups is 2. The average molecular weight is 456 g/mol. The van der Waals surface area contributed by atoms with Crippen molar-refractivity contribution in [3.8, 4) is 11.8 Å². The number of benzene rings is 2. The molecule has 2 aromatic carbocycles. The zero-order chi connectivity index (χ0) is 22.7. The van der Waals surface area contributed by atoms with E-state index in [1.54, 1.807) is 13.0 Å². The summed E-state index contributed by atoms with van der Waals surface area (Å²) in [5.41, 5.74) is 2.27. The Morgan fingerprint density at radius 1 is 1.19 bits per heavy atom. The molecule has 2 aromatic rings. The summed E-state index contributed by atoms with van der Waals surface area (Å²) in [4.78, 5) is 23.2. The first-order chi connectivity index (χ1) is 14.9. The van der Waals surface area contributed by atoms with Crippen LogP contribution in [0.15, 0.2) is 48.5 Å². The summed E-state index contributed by atoms with van der Waals surface area (Å²) in [5.74, 6) is 0.161. The molecule has 0 saturated heterocycles. The first kappa shape index (κ1) is 24.6. The van der Waals surface area contributed by atoms with E-state index in [1.807, 2.05) is 49.4 Å². The SMILES string of the molecule is Cc1cccc(OCCCOC(=O)CCC(C)(C#N)SC(=S)c2ccccc2)c1C=O. The van der Waals surface area contributed by atoms with Crippen LogP contribution in [0.3, 0.4) is 0 Å². The molecule has 0 aliphatic heterocycles. The van der Waals surface area contributed by atoms with Gasteiger partial charge in [0, 0.05) is 12.8 Å². The highest BCUT2D eigenvalue weighted by molar-refractivity contribution is 8.24. The second kappa shape index (κ2) is 12.2. The molecular formula is C24H25NO4S2. The molecule has 0 amide bonds. The van der Waals surface area contributed by atoms with Gasteiger partial charge in [0.15, 0.2) is 6.29 Å². The van der Waals surface area contributed by atoms with E-state index in [0.717, 1.165) is 17.4 Å². The molecule has 7 heteroatoms. The molecular weight excluding hydrogens is 430 g/mol. The fourth-order valence-corrected chi connectivity index (χ4v) is 4.34. The Hall–Kier alpha value is -2.69. The van der Waals surface area contributed by atoms with E-state index >= 15 is 0 Å². The van der Waals surface area contributed by atoms with Crippen LogP contribution in [0.1, 0.15) is 47.7 Å². The maximum atomic E-state index is 12.1. The van der Waals surface area contributed by atoms with Crippen LogP contribution >= 0.6 is 24.0 Å². The fourth-order valence-electron chi connectivity index (χ4n) is 2.74. The lowest BCUT2D eigenvalue weighted by Gasteiger charge is -2.20. The van der Waals surface area contributed by atoms with Gasteiger partial charge in [0.25, 0.3) is 0 Å². The number of carbonyl (C=O) groups excluding carboxylic acids is 2. The molecule has 1 atom stereocenters. The number of thiocarbonyl (C=S) groups is 1. The zero-order valence-corrected chi connectivity index (χ0v) is 19.3. The Bertz CT molecular complexity index is 956. The van der Waals surface area contributed by atoms with Crippen LogP contribution in [-0.4, -0.2) is 34.4 Å². The normalized spacial score (nSPS) is 12.3. The predicted molar refractivity (Wildman–Crippen MR) is 127 cm³/mol. The van der Waals surface area contributed by atoms with Crippen molar-refractivity contribution in [3.63, 3.8) is 0 Å².